The standard InChI is InChI=1S/C21H27N3O3S/c25-20-4-2-18(15-24(20)7-6-23-8-10-27-11-9-23)21(26)22-14-16-1-3-19-17(13-16)5-12-28-19/h1,3,5,12-13,18H,2,4,6-11,14-15H2,(H,22,26)/t18-/m0/s1. The second kappa shape index (κ2) is 9.03. The van der Waals surface area contributed by atoms with Crippen molar-refractivity contribution in [2.24, 2.45) is 5.92 Å². The number of amides is 2. The Kier molecular flexibility index (Phi) is 6.24. The summed E-state index contributed by atoms with van der Waals surface area (Å²) >= 11 is 1.72. The summed E-state index contributed by atoms with van der Waals surface area (Å²) in [6.07, 6.45) is 1.10. The van der Waals surface area contributed by atoms with Crippen molar-refractivity contribution < 1.29 is 14.3 Å². The zero-order chi connectivity index (χ0) is 19.3. The van der Waals surface area contributed by atoms with Gasteiger partial charge in [0.15, 0.2) is 0 Å². The van der Waals surface area contributed by atoms with E-state index < -0.39 is 0 Å². The van der Waals surface area contributed by atoms with Crippen molar-refractivity contribution in [1.82, 2.24) is 15.1 Å². The first-order valence-corrected chi connectivity index (χ1v) is 10.9. The number of nitrogens with zero attached hydrogens (tertiary/aromatic N) is 2. The van der Waals surface area contributed by atoms with Gasteiger partial charge in [-0.2, -0.15) is 0 Å². The highest BCUT2D eigenvalue weighted by Crippen LogP contribution is 2.22. The fourth-order valence-corrected chi connectivity index (χ4v) is 4.66. The molecule has 2 amide bonds. The minimum atomic E-state index is -0.118. The minimum Gasteiger partial charge on any atom is -0.379 e. The van der Waals surface area contributed by atoms with Gasteiger partial charge in [-0.25, -0.2) is 0 Å². The van der Waals surface area contributed by atoms with Crippen molar-refractivity contribution in [1.29, 1.82) is 0 Å². The Labute approximate surface area is 169 Å². The molecule has 1 aromatic heterocycles. The van der Waals surface area contributed by atoms with E-state index in [1.54, 1.807) is 11.3 Å². The number of rotatable bonds is 6. The summed E-state index contributed by atoms with van der Waals surface area (Å²) in [5.74, 6) is 0.0989. The average Bonchev–Trinajstić information content (AvgIpc) is 3.20. The summed E-state index contributed by atoms with van der Waals surface area (Å²) in [5.41, 5.74) is 1.11. The Morgan fingerprint density at radius 2 is 2.07 bits per heavy atom. The number of carbonyl (C=O) groups is 2. The van der Waals surface area contributed by atoms with Crippen molar-refractivity contribution in [3.63, 3.8) is 0 Å². The van der Waals surface area contributed by atoms with Crippen LogP contribution in [0.2, 0.25) is 0 Å². The van der Waals surface area contributed by atoms with E-state index in [1.807, 2.05) is 4.90 Å². The van der Waals surface area contributed by atoms with Crippen LogP contribution in [0.25, 0.3) is 10.1 Å². The maximum Gasteiger partial charge on any atom is 0.225 e. The van der Waals surface area contributed by atoms with Gasteiger partial charge in [0.2, 0.25) is 11.8 Å². The largest absolute Gasteiger partial charge is 0.379 e. The van der Waals surface area contributed by atoms with Gasteiger partial charge in [-0.05, 0) is 40.9 Å². The lowest BCUT2D eigenvalue weighted by molar-refractivity contribution is -0.138. The summed E-state index contributed by atoms with van der Waals surface area (Å²) in [7, 11) is 0. The maximum atomic E-state index is 12.7. The second-order valence-electron chi connectivity index (χ2n) is 7.54. The van der Waals surface area contributed by atoms with Crippen LogP contribution in [0.1, 0.15) is 18.4 Å². The fraction of sp³-hybridized carbons (Fsp3) is 0.524. The van der Waals surface area contributed by atoms with E-state index in [-0.39, 0.29) is 17.7 Å². The zero-order valence-corrected chi connectivity index (χ0v) is 16.9. The molecule has 2 saturated heterocycles. The average molecular weight is 402 g/mol. The van der Waals surface area contributed by atoms with Crippen LogP contribution in [0.4, 0.5) is 0 Å². The summed E-state index contributed by atoms with van der Waals surface area (Å²) in [5, 5.41) is 6.36. The Balaban J connectivity index is 1.27. The topological polar surface area (TPSA) is 61.9 Å². The Morgan fingerprint density at radius 3 is 2.93 bits per heavy atom. The lowest BCUT2D eigenvalue weighted by Gasteiger charge is -2.34. The van der Waals surface area contributed by atoms with Crippen LogP contribution in [0.15, 0.2) is 29.6 Å². The molecule has 1 atom stereocenters. The van der Waals surface area contributed by atoms with Crippen LogP contribution < -0.4 is 5.32 Å². The van der Waals surface area contributed by atoms with Crippen LogP contribution in [0, 0.1) is 5.92 Å². The summed E-state index contributed by atoms with van der Waals surface area (Å²) < 4.78 is 6.63. The summed E-state index contributed by atoms with van der Waals surface area (Å²) in [6.45, 7) is 5.95. The molecule has 4 rings (SSSR count). The zero-order valence-electron chi connectivity index (χ0n) is 16.1. The van der Waals surface area contributed by atoms with Crippen LogP contribution in [-0.2, 0) is 20.9 Å². The molecule has 2 aromatic rings. The highest BCUT2D eigenvalue weighted by atomic mass is 32.1. The highest BCUT2D eigenvalue weighted by molar-refractivity contribution is 7.17. The van der Waals surface area contributed by atoms with Crippen molar-refractivity contribution in [3.05, 3.63) is 35.2 Å². The van der Waals surface area contributed by atoms with E-state index in [0.29, 0.717) is 32.5 Å². The second-order valence-corrected chi connectivity index (χ2v) is 8.49. The molecule has 0 bridgehead atoms. The SMILES string of the molecule is O=C(NCc1ccc2sccc2c1)[C@H]1CCC(=O)N(CCN2CCOCC2)C1. The fourth-order valence-electron chi connectivity index (χ4n) is 3.89. The molecule has 1 N–H and O–H groups in total. The van der Waals surface area contributed by atoms with Crippen LogP contribution in [-0.4, -0.2) is 67.6 Å². The molecule has 1 aromatic carbocycles. The van der Waals surface area contributed by atoms with Crippen LogP contribution in [0.5, 0.6) is 0 Å². The number of likely N-dealkylation sites (tertiary alicyclic amines) is 1. The van der Waals surface area contributed by atoms with Gasteiger partial charge in [-0.3, -0.25) is 14.5 Å². The molecule has 6 nitrogen and oxygen atoms in total. The van der Waals surface area contributed by atoms with Gasteiger partial charge in [0.1, 0.15) is 0 Å². The Hall–Kier alpha value is -1.96. The van der Waals surface area contributed by atoms with Gasteiger partial charge in [0.25, 0.3) is 0 Å². The third-order valence-electron chi connectivity index (χ3n) is 5.64. The first-order chi connectivity index (χ1) is 13.7. The Morgan fingerprint density at radius 1 is 1.21 bits per heavy atom. The predicted octanol–water partition coefficient (Wildman–Crippen LogP) is 2.09. The molecule has 150 valence electrons. The lowest BCUT2D eigenvalue weighted by atomic mass is 9.96. The number of thiophene rings is 1. The third-order valence-corrected chi connectivity index (χ3v) is 6.54. The number of benzene rings is 1. The van der Waals surface area contributed by atoms with E-state index in [9.17, 15) is 9.59 Å². The number of piperidine rings is 1. The van der Waals surface area contributed by atoms with E-state index in [0.717, 1.165) is 38.4 Å². The van der Waals surface area contributed by atoms with E-state index in [4.69, 9.17) is 4.74 Å². The normalized spacial score (nSPS) is 21.2. The van der Waals surface area contributed by atoms with Gasteiger partial charge in [-0.15, -0.1) is 11.3 Å². The first kappa shape index (κ1) is 19.4. The van der Waals surface area contributed by atoms with E-state index >= 15 is 0 Å². The summed E-state index contributed by atoms with van der Waals surface area (Å²) in [6, 6.07) is 8.40. The molecule has 0 aliphatic carbocycles. The Bertz CT molecular complexity index is 831. The first-order valence-electron chi connectivity index (χ1n) is 10.0. The molecular weight excluding hydrogens is 374 g/mol. The van der Waals surface area contributed by atoms with E-state index in [2.05, 4.69) is 39.9 Å². The number of fused-ring (bicyclic) bond motifs is 1. The lowest BCUT2D eigenvalue weighted by Crippen LogP contribution is -2.49. The summed E-state index contributed by atoms with van der Waals surface area (Å²) in [4.78, 5) is 29.1. The number of morpholine rings is 1. The van der Waals surface area contributed by atoms with Crippen molar-refractivity contribution in [3.8, 4) is 0 Å². The van der Waals surface area contributed by atoms with Crippen molar-refractivity contribution in [2.45, 2.75) is 19.4 Å². The predicted molar refractivity (Wildman–Crippen MR) is 110 cm³/mol. The number of hydrogen-bond donors (Lipinski definition) is 1. The number of ether oxygens (including phenoxy) is 1. The number of nitrogens with one attached hydrogen (secondary N) is 1. The molecule has 2 aliphatic rings. The molecular formula is C21H27N3O3S. The van der Waals surface area contributed by atoms with Crippen molar-refractivity contribution in [2.75, 3.05) is 45.9 Å². The molecule has 0 saturated carbocycles. The molecule has 7 heteroatoms. The number of hydrogen-bond acceptors (Lipinski definition) is 5. The molecule has 0 radical (unpaired) electrons. The van der Waals surface area contributed by atoms with Crippen molar-refractivity contribution >= 4 is 33.2 Å². The molecule has 2 aliphatic heterocycles. The number of carbonyl (C=O) groups excluding carboxylic acids is 2. The van der Waals surface area contributed by atoms with Gasteiger partial charge < -0.3 is 15.0 Å². The molecule has 0 unspecified atom stereocenters. The molecule has 2 fully saturated rings. The van der Waals surface area contributed by atoms with Gasteiger partial charge in [0, 0.05) is 50.4 Å². The van der Waals surface area contributed by atoms with Crippen LogP contribution in [0.3, 0.4) is 0 Å². The monoisotopic (exact) mass is 401 g/mol. The molecule has 3 heterocycles. The van der Waals surface area contributed by atoms with Crippen LogP contribution >= 0.6 is 11.3 Å². The minimum absolute atomic E-state index is 0.0503. The molecule has 0 spiro atoms. The highest BCUT2D eigenvalue weighted by Gasteiger charge is 2.30. The van der Waals surface area contributed by atoms with E-state index in [1.165, 1.54) is 10.1 Å². The van der Waals surface area contributed by atoms with Gasteiger partial charge >= 0.3 is 0 Å². The van der Waals surface area contributed by atoms with Gasteiger partial charge in [-0.1, -0.05) is 6.07 Å². The molecule has 28 heavy (non-hydrogen) atoms. The quantitative estimate of drug-likeness (QED) is 0.805. The third kappa shape index (κ3) is 4.71. The maximum absolute atomic E-state index is 12.7. The van der Waals surface area contributed by atoms with Gasteiger partial charge in [0.05, 0.1) is 19.1 Å². The smallest absolute Gasteiger partial charge is 0.225 e.